The molecule has 0 amide bonds. The molecule has 3 aromatic rings. The van der Waals surface area contributed by atoms with Gasteiger partial charge in [-0.05, 0) is 24.8 Å². The third-order valence-corrected chi connectivity index (χ3v) is 3.68. The summed E-state index contributed by atoms with van der Waals surface area (Å²) in [5.74, 6) is -0.372. The van der Waals surface area contributed by atoms with Crippen molar-refractivity contribution in [1.29, 1.82) is 0 Å². The average molecular weight is 291 g/mol. The second-order valence-electron chi connectivity index (χ2n) is 5.07. The van der Waals surface area contributed by atoms with Crippen LogP contribution in [0, 0.1) is 6.92 Å². The van der Waals surface area contributed by atoms with Crippen LogP contribution in [0.5, 0.6) is 0 Å². The van der Waals surface area contributed by atoms with Gasteiger partial charge in [-0.2, -0.15) is 0 Å². The van der Waals surface area contributed by atoms with E-state index in [0.29, 0.717) is 12.3 Å². The lowest BCUT2D eigenvalue weighted by molar-refractivity contribution is 0.0519. The molecule has 22 heavy (non-hydrogen) atoms. The van der Waals surface area contributed by atoms with Crippen molar-refractivity contribution in [3.05, 3.63) is 65.9 Å². The number of carbonyl (C=O) groups excluding carboxylic acids is 1. The maximum atomic E-state index is 12.2. The standard InChI is InChI=1S/C19H17NO2/c1-3-22-19(21)17-13(2)15-11-7-8-12-16(15)18(20-17)14-9-5-4-6-10-14/h4-12H,3H2,1-2H3. The van der Waals surface area contributed by atoms with Crippen LogP contribution in [0.25, 0.3) is 22.0 Å². The summed E-state index contributed by atoms with van der Waals surface area (Å²) in [6.45, 7) is 4.05. The van der Waals surface area contributed by atoms with Crippen molar-refractivity contribution in [3.63, 3.8) is 0 Å². The van der Waals surface area contributed by atoms with Crippen LogP contribution in [-0.4, -0.2) is 17.6 Å². The van der Waals surface area contributed by atoms with Crippen LogP contribution in [0.15, 0.2) is 54.6 Å². The number of nitrogens with zero attached hydrogens (tertiary/aromatic N) is 1. The van der Waals surface area contributed by atoms with Gasteiger partial charge in [-0.25, -0.2) is 9.78 Å². The second kappa shape index (κ2) is 5.98. The number of benzene rings is 2. The minimum Gasteiger partial charge on any atom is -0.461 e. The van der Waals surface area contributed by atoms with E-state index in [9.17, 15) is 4.79 Å². The Labute approximate surface area is 129 Å². The zero-order chi connectivity index (χ0) is 15.5. The molecule has 0 radical (unpaired) electrons. The van der Waals surface area contributed by atoms with Gasteiger partial charge in [0.05, 0.1) is 12.3 Å². The molecule has 0 aliphatic rings. The van der Waals surface area contributed by atoms with Gasteiger partial charge >= 0.3 is 5.97 Å². The maximum Gasteiger partial charge on any atom is 0.357 e. The number of aryl methyl sites for hydroxylation is 1. The van der Waals surface area contributed by atoms with Crippen molar-refractivity contribution in [2.24, 2.45) is 0 Å². The molecule has 0 aliphatic heterocycles. The monoisotopic (exact) mass is 291 g/mol. The molecule has 3 heteroatoms. The Hall–Kier alpha value is -2.68. The molecule has 0 saturated heterocycles. The predicted octanol–water partition coefficient (Wildman–Crippen LogP) is 4.39. The zero-order valence-electron chi connectivity index (χ0n) is 12.7. The first kappa shape index (κ1) is 14.3. The van der Waals surface area contributed by atoms with Gasteiger partial charge in [-0.3, -0.25) is 0 Å². The first-order valence-electron chi connectivity index (χ1n) is 7.34. The highest BCUT2D eigenvalue weighted by Crippen LogP contribution is 2.30. The van der Waals surface area contributed by atoms with Gasteiger partial charge in [0.1, 0.15) is 0 Å². The summed E-state index contributed by atoms with van der Waals surface area (Å²) in [7, 11) is 0. The number of rotatable bonds is 3. The van der Waals surface area contributed by atoms with E-state index in [2.05, 4.69) is 4.98 Å². The number of carbonyl (C=O) groups is 1. The van der Waals surface area contributed by atoms with E-state index in [1.54, 1.807) is 6.92 Å². The van der Waals surface area contributed by atoms with Gasteiger partial charge < -0.3 is 4.74 Å². The summed E-state index contributed by atoms with van der Waals surface area (Å²) >= 11 is 0. The van der Waals surface area contributed by atoms with Crippen LogP contribution in [0.4, 0.5) is 0 Å². The summed E-state index contributed by atoms with van der Waals surface area (Å²) in [6, 6.07) is 17.9. The highest BCUT2D eigenvalue weighted by atomic mass is 16.5. The van der Waals surface area contributed by atoms with Gasteiger partial charge in [0.2, 0.25) is 0 Å². The quantitative estimate of drug-likeness (QED) is 0.672. The summed E-state index contributed by atoms with van der Waals surface area (Å²) in [4.78, 5) is 16.8. The Morgan fingerprint density at radius 2 is 1.64 bits per heavy atom. The van der Waals surface area contributed by atoms with E-state index in [-0.39, 0.29) is 5.97 Å². The first-order valence-corrected chi connectivity index (χ1v) is 7.34. The Kier molecular flexibility index (Phi) is 3.88. The Balaban J connectivity index is 2.31. The van der Waals surface area contributed by atoms with E-state index in [0.717, 1.165) is 27.6 Å². The summed E-state index contributed by atoms with van der Waals surface area (Å²) < 4.78 is 5.15. The molecular weight excluding hydrogens is 274 g/mol. The van der Waals surface area contributed by atoms with Crippen LogP contribution < -0.4 is 0 Å². The molecule has 3 rings (SSSR count). The smallest absolute Gasteiger partial charge is 0.357 e. The van der Waals surface area contributed by atoms with Gasteiger partial charge in [0, 0.05) is 10.9 Å². The normalized spacial score (nSPS) is 10.6. The number of hydrogen-bond acceptors (Lipinski definition) is 3. The van der Waals surface area contributed by atoms with Crippen molar-refractivity contribution in [1.82, 2.24) is 4.98 Å². The largest absolute Gasteiger partial charge is 0.461 e. The Morgan fingerprint density at radius 3 is 2.32 bits per heavy atom. The van der Waals surface area contributed by atoms with E-state index in [1.807, 2.05) is 61.5 Å². The molecule has 0 unspecified atom stereocenters. The summed E-state index contributed by atoms with van der Waals surface area (Å²) in [6.07, 6.45) is 0. The Bertz CT molecular complexity index is 825. The van der Waals surface area contributed by atoms with Crippen molar-refractivity contribution in [3.8, 4) is 11.3 Å². The summed E-state index contributed by atoms with van der Waals surface area (Å²) in [5, 5.41) is 2.07. The van der Waals surface area contributed by atoms with Crippen molar-refractivity contribution in [2.75, 3.05) is 6.61 Å². The molecule has 3 nitrogen and oxygen atoms in total. The molecule has 1 heterocycles. The molecular formula is C19H17NO2. The maximum absolute atomic E-state index is 12.2. The molecule has 1 aromatic heterocycles. The van der Waals surface area contributed by atoms with E-state index in [1.165, 1.54) is 0 Å². The molecule has 2 aromatic carbocycles. The molecule has 0 saturated carbocycles. The number of pyridine rings is 1. The van der Waals surface area contributed by atoms with E-state index < -0.39 is 0 Å². The highest BCUT2D eigenvalue weighted by Gasteiger charge is 2.18. The second-order valence-corrected chi connectivity index (χ2v) is 5.07. The molecule has 0 atom stereocenters. The topological polar surface area (TPSA) is 39.2 Å². The number of aromatic nitrogens is 1. The number of hydrogen-bond donors (Lipinski definition) is 0. The third-order valence-electron chi connectivity index (χ3n) is 3.68. The first-order chi connectivity index (χ1) is 10.7. The molecule has 0 bridgehead atoms. The van der Waals surface area contributed by atoms with Gasteiger partial charge in [0.15, 0.2) is 5.69 Å². The number of esters is 1. The predicted molar refractivity (Wildman–Crippen MR) is 87.9 cm³/mol. The summed E-state index contributed by atoms with van der Waals surface area (Å²) in [5.41, 5.74) is 3.04. The molecule has 110 valence electrons. The average Bonchev–Trinajstić information content (AvgIpc) is 2.56. The Morgan fingerprint density at radius 1 is 1.00 bits per heavy atom. The molecule has 0 spiro atoms. The fourth-order valence-corrected chi connectivity index (χ4v) is 2.61. The van der Waals surface area contributed by atoms with Gasteiger partial charge in [-0.15, -0.1) is 0 Å². The van der Waals surface area contributed by atoms with Crippen LogP contribution in [-0.2, 0) is 4.74 Å². The van der Waals surface area contributed by atoms with Gasteiger partial charge in [0.25, 0.3) is 0 Å². The SMILES string of the molecule is CCOC(=O)c1nc(-c2ccccc2)c2ccccc2c1C. The lowest BCUT2D eigenvalue weighted by Gasteiger charge is -2.12. The fourth-order valence-electron chi connectivity index (χ4n) is 2.61. The molecule has 0 N–H and O–H groups in total. The fraction of sp³-hybridized carbons (Fsp3) is 0.158. The minimum absolute atomic E-state index is 0.341. The van der Waals surface area contributed by atoms with Crippen molar-refractivity contribution < 1.29 is 9.53 Å². The zero-order valence-corrected chi connectivity index (χ0v) is 12.7. The molecule has 0 fully saturated rings. The highest BCUT2D eigenvalue weighted by molar-refractivity contribution is 6.02. The lowest BCUT2D eigenvalue weighted by Crippen LogP contribution is -2.10. The van der Waals surface area contributed by atoms with E-state index in [4.69, 9.17) is 4.74 Å². The number of ether oxygens (including phenoxy) is 1. The third kappa shape index (κ3) is 2.46. The number of fused-ring (bicyclic) bond motifs is 1. The molecule has 0 aliphatic carbocycles. The van der Waals surface area contributed by atoms with Crippen LogP contribution in [0.1, 0.15) is 23.0 Å². The lowest BCUT2D eigenvalue weighted by atomic mass is 9.99. The van der Waals surface area contributed by atoms with Gasteiger partial charge in [-0.1, -0.05) is 54.6 Å². The van der Waals surface area contributed by atoms with Crippen molar-refractivity contribution >= 4 is 16.7 Å². The van der Waals surface area contributed by atoms with Crippen LogP contribution in [0.2, 0.25) is 0 Å². The van der Waals surface area contributed by atoms with E-state index >= 15 is 0 Å². The minimum atomic E-state index is -0.372. The van der Waals surface area contributed by atoms with Crippen LogP contribution in [0.3, 0.4) is 0 Å². The van der Waals surface area contributed by atoms with Crippen LogP contribution >= 0.6 is 0 Å². The van der Waals surface area contributed by atoms with Crippen molar-refractivity contribution in [2.45, 2.75) is 13.8 Å².